The minimum absolute atomic E-state index is 0.226. The predicted molar refractivity (Wildman–Crippen MR) is 57.9 cm³/mol. The third-order valence-electron chi connectivity index (χ3n) is 2.76. The van der Waals surface area contributed by atoms with E-state index < -0.39 is 0 Å². The average Bonchev–Trinajstić information content (AvgIpc) is 2.18. The molecule has 1 unspecified atom stereocenters. The molecule has 0 aliphatic carbocycles. The van der Waals surface area contributed by atoms with Gasteiger partial charge in [-0.25, -0.2) is 0 Å². The molecule has 0 aromatic heterocycles. The van der Waals surface area contributed by atoms with E-state index >= 15 is 0 Å². The molecule has 1 aliphatic heterocycles. The smallest absolute Gasteiger partial charge is 0.222 e. The van der Waals surface area contributed by atoms with Crippen LogP contribution in [-0.2, 0) is 4.79 Å². The largest absolute Gasteiger partial charge is 0.343 e. The molecule has 1 fully saturated rings. The SMILES string of the molecule is CC(N)CCCC(=O)N1CCCCC1. The van der Waals surface area contributed by atoms with Crippen molar-refractivity contribution in [1.82, 2.24) is 4.90 Å². The second-order valence-corrected chi connectivity index (χ2v) is 4.31. The Balaban J connectivity index is 2.13. The van der Waals surface area contributed by atoms with Gasteiger partial charge in [0.25, 0.3) is 0 Å². The van der Waals surface area contributed by atoms with Gasteiger partial charge in [-0.3, -0.25) is 4.79 Å². The summed E-state index contributed by atoms with van der Waals surface area (Å²) in [6, 6.07) is 0.226. The topological polar surface area (TPSA) is 46.3 Å². The van der Waals surface area contributed by atoms with E-state index in [9.17, 15) is 4.79 Å². The van der Waals surface area contributed by atoms with Crippen LogP contribution in [-0.4, -0.2) is 29.9 Å². The van der Waals surface area contributed by atoms with Crippen LogP contribution in [0.1, 0.15) is 45.4 Å². The van der Waals surface area contributed by atoms with Gasteiger partial charge < -0.3 is 10.6 Å². The van der Waals surface area contributed by atoms with Gasteiger partial charge in [-0.05, 0) is 39.0 Å². The lowest BCUT2D eigenvalue weighted by atomic mass is 10.1. The molecule has 14 heavy (non-hydrogen) atoms. The number of nitrogens with zero attached hydrogens (tertiary/aromatic N) is 1. The molecule has 0 saturated carbocycles. The highest BCUT2D eigenvalue weighted by Crippen LogP contribution is 2.11. The van der Waals surface area contributed by atoms with Crippen LogP contribution < -0.4 is 5.73 Å². The maximum absolute atomic E-state index is 11.7. The molecule has 1 heterocycles. The van der Waals surface area contributed by atoms with Crippen LogP contribution in [0.25, 0.3) is 0 Å². The number of likely N-dealkylation sites (tertiary alicyclic amines) is 1. The third kappa shape index (κ3) is 4.09. The number of amides is 1. The highest BCUT2D eigenvalue weighted by Gasteiger charge is 2.15. The lowest BCUT2D eigenvalue weighted by molar-refractivity contribution is -0.132. The molecule has 0 aromatic carbocycles. The molecule has 1 aliphatic rings. The van der Waals surface area contributed by atoms with Gasteiger partial charge in [0, 0.05) is 25.6 Å². The van der Waals surface area contributed by atoms with Gasteiger partial charge in [-0.1, -0.05) is 0 Å². The number of rotatable bonds is 4. The summed E-state index contributed by atoms with van der Waals surface area (Å²) in [5.74, 6) is 0.324. The number of piperidine rings is 1. The lowest BCUT2D eigenvalue weighted by Gasteiger charge is -2.26. The van der Waals surface area contributed by atoms with E-state index in [0.29, 0.717) is 12.3 Å². The van der Waals surface area contributed by atoms with E-state index in [0.717, 1.165) is 25.9 Å². The van der Waals surface area contributed by atoms with Crippen LogP contribution in [0.5, 0.6) is 0 Å². The summed E-state index contributed by atoms with van der Waals surface area (Å²) in [7, 11) is 0. The van der Waals surface area contributed by atoms with Gasteiger partial charge in [0.15, 0.2) is 0 Å². The van der Waals surface area contributed by atoms with Crippen molar-refractivity contribution in [3.05, 3.63) is 0 Å². The first kappa shape index (κ1) is 11.5. The van der Waals surface area contributed by atoms with E-state index in [4.69, 9.17) is 5.73 Å². The van der Waals surface area contributed by atoms with Crippen molar-refractivity contribution in [2.45, 2.75) is 51.5 Å². The third-order valence-corrected chi connectivity index (χ3v) is 2.76. The molecule has 82 valence electrons. The summed E-state index contributed by atoms with van der Waals surface area (Å²) in [6.45, 7) is 3.93. The van der Waals surface area contributed by atoms with Crippen LogP contribution in [0.2, 0.25) is 0 Å². The number of nitrogens with two attached hydrogens (primary N) is 1. The van der Waals surface area contributed by atoms with Crippen LogP contribution in [0.4, 0.5) is 0 Å². The van der Waals surface area contributed by atoms with Gasteiger partial charge in [-0.15, -0.1) is 0 Å². The molecule has 3 heteroatoms. The number of hydrogen-bond donors (Lipinski definition) is 1. The second kappa shape index (κ2) is 6.02. The van der Waals surface area contributed by atoms with Crippen molar-refractivity contribution >= 4 is 5.91 Å². The van der Waals surface area contributed by atoms with Crippen LogP contribution >= 0.6 is 0 Å². The maximum atomic E-state index is 11.7. The summed E-state index contributed by atoms with van der Waals surface area (Å²) in [5, 5.41) is 0. The monoisotopic (exact) mass is 198 g/mol. The first-order valence-corrected chi connectivity index (χ1v) is 5.73. The fourth-order valence-electron chi connectivity index (χ4n) is 1.88. The van der Waals surface area contributed by atoms with Crippen molar-refractivity contribution < 1.29 is 4.79 Å². The summed E-state index contributed by atoms with van der Waals surface area (Å²) in [5.41, 5.74) is 5.63. The quantitative estimate of drug-likeness (QED) is 0.744. The molecule has 0 radical (unpaired) electrons. The highest BCUT2D eigenvalue weighted by atomic mass is 16.2. The van der Waals surface area contributed by atoms with Crippen molar-refractivity contribution in [3.8, 4) is 0 Å². The zero-order valence-electron chi connectivity index (χ0n) is 9.17. The molecule has 1 amide bonds. The van der Waals surface area contributed by atoms with Crippen LogP contribution in [0.3, 0.4) is 0 Å². The first-order valence-electron chi connectivity index (χ1n) is 5.73. The standard InChI is InChI=1S/C11H22N2O/c1-10(12)6-5-7-11(14)13-8-3-2-4-9-13/h10H,2-9,12H2,1H3. The van der Waals surface area contributed by atoms with Gasteiger partial charge in [0.1, 0.15) is 0 Å². The van der Waals surface area contributed by atoms with E-state index in [1.165, 1.54) is 19.3 Å². The molecule has 0 bridgehead atoms. The minimum Gasteiger partial charge on any atom is -0.343 e. The molecule has 2 N–H and O–H groups in total. The fourth-order valence-corrected chi connectivity index (χ4v) is 1.88. The van der Waals surface area contributed by atoms with Gasteiger partial charge in [-0.2, -0.15) is 0 Å². The Morgan fingerprint density at radius 1 is 1.36 bits per heavy atom. The van der Waals surface area contributed by atoms with E-state index in [1.54, 1.807) is 0 Å². The Labute approximate surface area is 86.6 Å². The molecule has 0 aromatic rings. The molecule has 0 spiro atoms. The Bertz CT molecular complexity index is 174. The average molecular weight is 198 g/mol. The van der Waals surface area contributed by atoms with Crippen molar-refractivity contribution in [2.75, 3.05) is 13.1 Å². The molecule has 1 atom stereocenters. The van der Waals surface area contributed by atoms with E-state index in [1.807, 2.05) is 11.8 Å². The highest BCUT2D eigenvalue weighted by molar-refractivity contribution is 5.76. The van der Waals surface area contributed by atoms with Crippen molar-refractivity contribution in [3.63, 3.8) is 0 Å². The van der Waals surface area contributed by atoms with Gasteiger partial charge >= 0.3 is 0 Å². The van der Waals surface area contributed by atoms with Gasteiger partial charge in [0.05, 0.1) is 0 Å². The Hall–Kier alpha value is -0.570. The Morgan fingerprint density at radius 2 is 2.00 bits per heavy atom. The zero-order valence-corrected chi connectivity index (χ0v) is 9.17. The van der Waals surface area contributed by atoms with Crippen molar-refractivity contribution in [1.29, 1.82) is 0 Å². The fraction of sp³-hybridized carbons (Fsp3) is 0.909. The first-order chi connectivity index (χ1) is 6.70. The molecule has 3 nitrogen and oxygen atoms in total. The summed E-state index contributed by atoms with van der Waals surface area (Å²) in [4.78, 5) is 13.7. The van der Waals surface area contributed by atoms with Crippen molar-refractivity contribution in [2.24, 2.45) is 5.73 Å². The van der Waals surface area contributed by atoms with Gasteiger partial charge in [0.2, 0.25) is 5.91 Å². The maximum Gasteiger partial charge on any atom is 0.222 e. The molecule has 1 rings (SSSR count). The van der Waals surface area contributed by atoms with Crippen LogP contribution in [0.15, 0.2) is 0 Å². The lowest BCUT2D eigenvalue weighted by Crippen LogP contribution is -2.35. The zero-order chi connectivity index (χ0) is 10.4. The normalized spacial score (nSPS) is 19.4. The summed E-state index contributed by atoms with van der Waals surface area (Å²) < 4.78 is 0. The van der Waals surface area contributed by atoms with E-state index in [2.05, 4.69) is 0 Å². The minimum atomic E-state index is 0.226. The molecular formula is C11H22N2O. The molecule has 1 saturated heterocycles. The Kier molecular flexibility index (Phi) is 4.94. The Morgan fingerprint density at radius 3 is 2.57 bits per heavy atom. The predicted octanol–water partition coefficient (Wildman–Crippen LogP) is 1.52. The number of carbonyl (C=O) groups excluding carboxylic acids is 1. The second-order valence-electron chi connectivity index (χ2n) is 4.31. The number of carbonyl (C=O) groups is 1. The summed E-state index contributed by atoms with van der Waals surface area (Å²) in [6.07, 6.45) is 6.22. The van der Waals surface area contributed by atoms with E-state index in [-0.39, 0.29) is 6.04 Å². The summed E-state index contributed by atoms with van der Waals surface area (Å²) >= 11 is 0. The van der Waals surface area contributed by atoms with Crippen LogP contribution in [0, 0.1) is 0 Å². The molecular weight excluding hydrogens is 176 g/mol. The number of hydrogen-bond acceptors (Lipinski definition) is 2.